The summed E-state index contributed by atoms with van der Waals surface area (Å²) in [5.41, 5.74) is 5.36. The monoisotopic (exact) mass is 821 g/mol. The standard InChI is InChI=1S/C48H66F3N3O5/c1-3-5-7-9-11-15-29-53(30-16-12-10-8-6-4-2)34-41-32-44(38-23-21-36(35-55)22-24-38)59-46(58-41)39-27-25-37(26-28-39)42-19-14-13-18-40(42)33-52-45(56)43-20-17-31-54(43)47(57)48(49,50)51/h13-14,18-19,21-28,41,43-44,46,55H,3-12,15-17,20,29-35H2,1-2H3,(H,52,56)/t41-,43+,44+,46+/m1/s1. The largest absolute Gasteiger partial charge is 0.471 e. The first-order chi connectivity index (χ1) is 28.6. The van der Waals surface area contributed by atoms with E-state index in [0.717, 1.165) is 59.4 Å². The van der Waals surface area contributed by atoms with Gasteiger partial charge in [0, 0.05) is 31.6 Å². The van der Waals surface area contributed by atoms with Crippen molar-refractivity contribution in [3.63, 3.8) is 0 Å². The number of likely N-dealkylation sites (tertiary alicyclic amines) is 1. The second kappa shape index (κ2) is 23.9. The van der Waals surface area contributed by atoms with E-state index >= 15 is 0 Å². The summed E-state index contributed by atoms with van der Waals surface area (Å²) in [6.07, 6.45) is 10.5. The number of hydrogen-bond donors (Lipinski definition) is 2. The Kier molecular flexibility index (Phi) is 18.7. The molecule has 0 unspecified atom stereocenters. The molecule has 2 aliphatic heterocycles. The lowest BCUT2D eigenvalue weighted by Gasteiger charge is -2.38. The molecule has 0 aromatic heterocycles. The number of halogens is 3. The highest BCUT2D eigenvalue weighted by atomic mass is 19.4. The summed E-state index contributed by atoms with van der Waals surface area (Å²) >= 11 is 0. The van der Waals surface area contributed by atoms with Crippen molar-refractivity contribution in [3.8, 4) is 11.1 Å². The molecule has 0 radical (unpaired) electrons. The number of nitrogens with one attached hydrogen (secondary N) is 1. The Morgan fingerprint density at radius 1 is 0.797 bits per heavy atom. The summed E-state index contributed by atoms with van der Waals surface area (Å²) in [6, 6.07) is 22.4. The first-order valence-corrected chi connectivity index (χ1v) is 22.2. The Labute approximate surface area is 349 Å². The van der Waals surface area contributed by atoms with Crippen molar-refractivity contribution in [2.45, 2.75) is 154 Å². The van der Waals surface area contributed by atoms with Gasteiger partial charge in [0.05, 0.1) is 18.8 Å². The number of carbonyl (C=O) groups excluding carboxylic acids is 2. The van der Waals surface area contributed by atoms with Crippen molar-refractivity contribution in [1.29, 1.82) is 0 Å². The number of benzene rings is 3. The predicted molar refractivity (Wildman–Crippen MR) is 226 cm³/mol. The van der Waals surface area contributed by atoms with Gasteiger partial charge in [-0.2, -0.15) is 13.2 Å². The minimum atomic E-state index is -5.02. The highest BCUT2D eigenvalue weighted by Gasteiger charge is 2.47. The van der Waals surface area contributed by atoms with Crippen molar-refractivity contribution >= 4 is 11.8 Å². The van der Waals surface area contributed by atoms with E-state index in [0.29, 0.717) is 11.3 Å². The molecule has 5 rings (SSSR count). The third kappa shape index (κ3) is 14.2. The molecule has 2 saturated heterocycles. The summed E-state index contributed by atoms with van der Waals surface area (Å²) < 4.78 is 53.0. The number of aliphatic hydroxyl groups excluding tert-OH is 1. The maximum Gasteiger partial charge on any atom is 0.471 e. The molecular formula is C48H66F3N3O5. The fourth-order valence-corrected chi connectivity index (χ4v) is 8.37. The first-order valence-electron chi connectivity index (χ1n) is 22.2. The molecule has 2 heterocycles. The number of aliphatic hydroxyl groups is 1. The van der Waals surface area contributed by atoms with Crippen molar-refractivity contribution in [2.24, 2.45) is 0 Å². The Morgan fingerprint density at radius 2 is 1.41 bits per heavy atom. The Morgan fingerprint density at radius 3 is 2.03 bits per heavy atom. The Bertz CT molecular complexity index is 1690. The van der Waals surface area contributed by atoms with Gasteiger partial charge >= 0.3 is 12.1 Å². The molecule has 8 nitrogen and oxygen atoms in total. The van der Waals surface area contributed by atoms with E-state index in [4.69, 9.17) is 9.47 Å². The second-order valence-electron chi connectivity index (χ2n) is 16.3. The first kappa shape index (κ1) is 46.3. The lowest BCUT2D eigenvalue weighted by molar-refractivity contribution is -0.253. The molecule has 4 atom stereocenters. The third-order valence-electron chi connectivity index (χ3n) is 11.8. The average molecular weight is 822 g/mol. The van der Waals surface area contributed by atoms with Crippen LogP contribution >= 0.6 is 0 Å². The van der Waals surface area contributed by atoms with Crippen LogP contribution in [-0.4, -0.2) is 71.2 Å². The van der Waals surface area contributed by atoms with Crippen LogP contribution in [0.3, 0.4) is 0 Å². The minimum absolute atomic E-state index is 0.0179. The number of carbonyl (C=O) groups is 2. The van der Waals surface area contributed by atoms with Crippen molar-refractivity contribution in [1.82, 2.24) is 15.1 Å². The number of ether oxygens (including phenoxy) is 2. The molecule has 2 aliphatic rings. The van der Waals surface area contributed by atoms with Gasteiger partial charge in [-0.1, -0.05) is 151 Å². The smallest absolute Gasteiger partial charge is 0.392 e. The zero-order valence-electron chi connectivity index (χ0n) is 35.2. The Hall–Kier alpha value is -3.77. The van der Waals surface area contributed by atoms with Gasteiger partial charge < -0.3 is 29.7 Å². The van der Waals surface area contributed by atoms with Gasteiger partial charge in [-0.05, 0) is 66.6 Å². The SMILES string of the molecule is CCCCCCCCN(CCCCCCCC)C[C@H]1C[C@@H](c2ccc(CO)cc2)O[C@@H](c2ccc(-c3ccccc3CNC(=O)[C@@H]3CCCN3C(=O)C(F)(F)F)cc2)O1. The average Bonchev–Trinajstić information content (AvgIpc) is 3.75. The zero-order chi connectivity index (χ0) is 42.0. The van der Waals surface area contributed by atoms with Crippen LogP contribution in [0.5, 0.6) is 0 Å². The van der Waals surface area contributed by atoms with E-state index in [1.54, 1.807) is 0 Å². The van der Waals surface area contributed by atoms with Crippen LogP contribution in [0.15, 0.2) is 72.8 Å². The van der Waals surface area contributed by atoms with Gasteiger partial charge in [0.1, 0.15) is 6.04 Å². The molecule has 11 heteroatoms. The normalized spacial score (nSPS) is 19.7. The Balaban J connectivity index is 1.29. The fourth-order valence-electron chi connectivity index (χ4n) is 8.37. The van der Waals surface area contributed by atoms with Crippen molar-refractivity contribution < 1.29 is 37.3 Å². The van der Waals surface area contributed by atoms with Gasteiger partial charge in [-0.25, -0.2) is 0 Å². The molecule has 0 bridgehead atoms. The zero-order valence-corrected chi connectivity index (χ0v) is 35.2. The minimum Gasteiger partial charge on any atom is -0.392 e. The molecule has 3 aromatic rings. The number of unbranched alkanes of at least 4 members (excludes halogenated alkanes) is 10. The second-order valence-corrected chi connectivity index (χ2v) is 16.3. The molecule has 3 aromatic carbocycles. The summed E-state index contributed by atoms with van der Waals surface area (Å²) in [5, 5.41) is 12.5. The maximum absolute atomic E-state index is 13.2. The lowest BCUT2D eigenvalue weighted by Crippen LogP contribution is -2.50. The number of nitrogens with zero attached hydrogens (tertiary/aromatic N) is 2. The highest BCUT2D eigenvalue weighted by molar-refractivity contribution is 5.90. The van der Waals surface area contributed by atoms with Crippen LogP contribution in [0.25, 0.3) is 11.1 Å². The van der Waals surface area contributed by atoms with E-state index < -0.39 is 30.3 Å². The number of rotatable bonds is 23. The number of alkyl halides is 3. The van der Waals surface area contributed by atoms with Crippen molar-refractivity contribution in [3.05, 3.63) is 95.1 Å². The third-order valence-corrected chi connectivity index (χ3v) is 11.8. The number of amides is 2. The van der Waals surface area contributed by atoms with Crippen molar-refractivity contribution in [2.75, 3.05) is 26.2 Å². The van der Waals surface area contributed by atoms with Crippen LogP contribution < -0.4 is 5.32 Å². The summed E-state index contributed by atoms with van der Waals surface area (Å²) in [5.74, 6) is -2.57. The highest BCUT2D eigenvalue weighted by Crippen LogP contribution is 2.39. The van der Waals surface area contributed by atoms with Gasteiger partial charge in [-0.3, -0.25) is 9.59 Å². The molecule has 0 saturated carbocycles. The van der Waals surface area contributed by atoms with Crippen LogP contribution in [0.1, 0.15) is 145 Å². The van der Waals surface area contributed by atoms with Gasteiger partial charge in [0.2, 0.25) is 5.91 Å². The topological polar surface area (TPSA) is 91.3 Å². The maximum atomic E-state index is 13.2. The molecule has 0 spiro atoms. The van der Waals surface area contributed by atoms with Crippen LogP contribution in [0.2, 0.25) is 0 Å². The lowest BCUT2D eigenvalue weighted by atomic mass is 9.97. The molecule has 2 fully saturated rings. The quantitative estimate of drug-likeness (QED) is 0.0926. The van der Waals surface area contributed by atoms with E-state index in [2.05, 4.69) is 24.1 Å². The van der Waals surface area contributed by atoms with Crippen LogP contribution in [0, 0.1) is 0 Å². The van der Waals surface area contributed by atoms with E-state index in [9.17, 15) is 27.9 Å². The fraction of sp³-hybridized carbons (Fsp3) is 0.583. The summed E-state index contributed by atoms with van der Waals surface area (Å²) in [4.78, 5) is 28.3. The van der Waals surface area contributed by atoms with Gasteiger partial charge in [0.25, 0.3) is 0 Å². The molecule has 0 aliphatic carbocycles. The predicted octanol–water partition coefficient (Wildman–Crippen LogP) is 10.6. The van der Waals surface area contributed by atoms with E-state index in [1.807, 2.05) is 72.8 Å². The van der Waals surface area contributed by atoms with Gasteiger partial charge in [0.15, 0.2) is 6.29 Å². The molecular weight excluding hydrogens is 756 g/mol. The van der Waals surface area contributed by atoms with Gasteiger partial charge in [-0.15, -0.1) is 0 Å². The molecule has 59 heavy (non-hydrogen) atoms. The number of hydrogen-bond acceptors (Lipinski definition) is 6. The summed E-state index contributed by atoms with van der Waals surface area (Å²) in [7, 11) is 0. The molecule has 2 amide bonds. The van der Waals surface area contributed by atoms with Crippen LogP contribution in [-0.2, 0) is 32.2 Å². The van der Waals surface area contributed by atoms with E-state index in [-0.39, 0.29) is 38.3 Å². The van der Waals surface area contributed by atoms with Crippen LogP contribution in [0.4, 0.5) is 13.2 Å². The molecule has 2 N–H and O–H groups in total. The summed E-state index contributed by atoms with van der Waals surface area (Å²) in [6.45, 7) is 7.43. The molecule has 324 valence electrons. The van der Waals surface area contributed by atoms with E-state index in [1.165, 1.54) is 77.0 Å².